The van der Waals surface area contributed by atoms with Crippen LogP contribution in [0.2, 0.25) is 0 Å². The molecule has 0 aromatic heterocycles. The second kappa shape index (κ2) is 11.5. The Morgan fingerprint density at radius 3 is 2.77 bits per heavy atom. The summed E-state index contributed by atoms with van der Waals surface area (Å²) in [5.41, 5.74) is 0. The van der Waals surface area contributed by atoms with E-state index >= 15 is 0 Å². The van der Waals surface area contributed by atoms with E-state index in [-0.39, 0.29) is 30.7 Å². The van der Waals surface area contributed by atoms with Crippen LogP contribution in [0.15, 0.2) is 24.3 Å². The Hall–Kier alpha value is -1.21. The number of unbranched alkanes of at least 4 members (excludes halogenated alkanes) is 3. The molecule has 26 heavy (non-hydrogen) atoms. The molecule has 148 valence electrons. The Bertz CT molecular complexity index is 475. The van der Waals surface area contributed by atoms with E-state index in [1.807, 2.05) is 6.08 Å². The molecule has 1 saturated heterocycles. The standard InChI is InChI=1S/C20H32O6/c1-2-3-6-9-15(24-23)12-13-17-16(18-14-19(17)26-25-18)10-7-4-5-8-11-20(21)22/h4,7,12-13,15-19,23H,2-3,5-6,8-11,14H2,1H3,(H,21,22)/b7-4-,13-12+/t15-,16+,17?,18-,19+/m0/s1. The number of aliphatic carboxylic acids is 1. The molecule has 2 fully saturated rings. The molecule has 6 heteroatoms. The molecule has 1 unspecified atom stereocenters. The van der Waals surface area contributed by atoms with Crippen molar-refractivity contribution in [2.45, 2.75) is 83.0 Å². The number of hydrogen-bond acceptors (Lipinski definition) is 5. The fraction of sp³-hybridized carbons (Fsp3) is 0.750. The molecule has 1 saturated carbocycles. The van der Waals surface area contributed by atoms with E-state index < -0.39 is 5.97 Å². The first kappa shape index (κ1) is 21.1. The summed E-state index contributed by atoms with van der Waals surface area (Å²) >= 11 is 0. The second-order valence-electron chi connectivity index (χ2n) is 7.26. The van der Waals surface area contributed by atoms with Crippen LogP contribution in [0.25, 0.3) is 0 Å². The first-order valence-corrected chi connectivity index (χ1v) is 9.83. The van der Waals surface area contributed by atoms with Gasteiger partial charge < -0.3 is 5.11 Å². The van der Waals surface area contributed by atoms with Gasteiger partial charge in [0.15, 0.2) is 0 Å². The topological polar surface area (TPSA) is 85.2 Å². The Labute approximate surface area is 155 Å². The van der Waals surface area contributed by atoms with Crippen LogP contribution in [0, 0.1) is 11.8 Å². The summed E-state index contributed by atoms with van der Waals surface area (Å²) in [7, 11) is 0. The van der Waals surface area contributed by atoms with Gasteiger partial charge in [0.2, 0.25) is 0 Å². The molecule has 2 rings (SSSR count). The lowest BCUT2D eigenvalue weighted by atomic mass is 9.89. The lowest BCUT2D eigenvalue weighted by molar-refractivity contribution is -0.336. The minimum absolute atomic E-state index is 0.0663. The van der Waals surface area contributed by atoms with Gasteiger partial charge in [0, 0.05) is 24.7 Å². The fourth-order valence-corrected chi connectivity index (χ4v) is 3.79. The molecule has 5 atom stereocenters. The van der Waals surface area contributed by atoms with E-state index in [0.717, 1.165) is 44.9 Å². The summed E-state index contributed by atoms with van der Waals surface area (Å²) in [5, 5.41) is 17.8. The van der Waals surface area contributed by atoms with E-state index in [1.54, 1.807) is 0 Å². The van der Waals surface area contributed by atoms with Gasteiger partial charge in [-0.15, -0.1) is 0 Å². The SMILES string of the molecule is CCCCC[C@@H](/C=C/C1[C@@H](C/C=C\CCCC(=O)O)[C@@H]2C[C@H]1OO2)OO. The number of fused-ring (bicyclic) bond motifs is 2. The van der Waals surface area contributed by atoms with Crippen LogP contribution < -0.4 is 0 Å². The third-order valence-electron chi connectivity index (χ3n) is 5.28. The lowest BCUT2D eigenvalue weighted by Crippen LogP contribution is -2.29. The molecule has 0 aromatic rings. The van der Waals surface area contributed by atoms with Crippen LogP contribution in [0.5, 0.6) is 0 Å². The molecular weight excluding hydrogens is 336 g/mol. The smallest absolute Gasteiger partial charge is 0.303 e. The van der Waals surface area contributed by atoms with Crippen molar-refractivity contribution < 1.29 is 29.8 Å². The molecule has 0 amide bonds. The van der Waals surface area contributed by atoms with Crippen LogP contribution >= 0.6 is 0 Å². The van der Waals surface area contributed by atoms with Crippen molar-refractivity contribution in [1.82, 2.24) is 0 Å². The molecule has 0 radical (unpaired) electrons. The number of hydrogen-bond donors (Lipinski definition) is 2. The number of allylic oxidation sites excluding steroid dienone is 2. The maximum Gasteiger partial charge on any atom is 0.303 e. The molecule has 1 aliphatic carbocycles. The fourth-order valence-electron chi connectivity index (χ4n) is 3.79. The van der Waals surface area contributed by atoms with Gasteiger partial charge in [0.05, 0.1) is 6.10 Å². The normalized spacial score (nSPS) is 29.2. The number of carboxylic acid groups (broad SMARTS) is 1. The summed E-state index contributed by atoms with van der Waals surface area (Å²) in [6, 6.07) is 0. The van der Waals surface area contributed by atoms with Crippen LogP contribution in [0.3, 0.4) is 0 Å². The molecule has 1 aliphatic heterocycles. The summed E-state index contributed by atoms with van der Waals surface area (Å²) in [5.74, 6) is -0.154. The van der Waals surface area contributed by atoms with Crippen LogP contribution in [0.4, 0.5) is 0 Å². The lowest BCUT2D eigenvalue weighted by Gasteiger charge is -2.27. The number of carbonyl (C=O) groups is 1. The average molecular weight is 368 g/mol. The second-order valence-corrected chi connectivity index (χ2v) is 7.26. The molecule has 6 nitrogen and oxygen atoms in total. The minimum Gasteiger partial charge on any atom is -0.481 e. The zero-order valence-electron chi connectivity index (χ0n) is 15.6. The molecule has 2 N–H and O–H groups in total. The minimum atomic E-state index is -0.748. The zero-order valence-corrected chi connectivity index (χ0v) is 15.6. The predicted octanol–water partition coefficient (Wildman–Crippen LogP) is 4.52. The Kier molecular flexibility index (Phi) is 9.32. The number of rotatable bonds is 13. The molecule has 0 aromatic carbocycles. The van der Waals surface area contributed by atoms with Gasteiger partial charge in [-0.3, -0.25) is 10.1 Å². The average Bonchev–Trinajstić information content (AvgIpc) is 3.22. The molecule has 1 heterocycles. The quantitative estimate of drug-likeness (QED) is 0.215. The summed E-state index contributed by atoms with van der Waals surface area (Å²) < 4.78 is 0. The van der Waals surface area contributed by atoms with Gasteiger partial charge in [-0.25, -0.2) is 14.7 Å². The molecule has 2 bridgehead atoms. The van der Waals surface area contributed by atoms with Gasteiger partial charge >= 0.3 is 5.97 Å². The van der Waals surface area contributed by atoms with Gasteiger partial charge in [-0.05, 0) is 25.7 Å². The monoisotopic (exact) mass is 368 g/mol. The third kappa shape index (κ3) is 6.50. The Balaban J connectivity index is 1.82. The molecule has 0 spiro atoms. The Morgan fingerprint density at radius 1 is 1.23 bits per heavy atom. The van der Waals surface area contributed by atoms with Gasteiger partial charge in [0.1, 0.15) is 12.2 Å². The van der Waals surface area contributed by atoms with Crippen molar-refractivity contribution in [1.29, 1.82) is 0 Å². The van der Waals surface area contributed by atoms with Crippen molar-refractivity contribution in [3.05, 3.63) is 24.3 Å². The van der Waals surface area contributed by atoms with E-state index in [2.05, 4.69) is 30.0 Å². The predicted molar refractivity (Wildman–Crippen MR) is 97.4 cm³/mol. The third-order valence-corrected chi connectivity index (χ3v) is 5.28. The largest absolute Gasteiger partial charge is 0.481 e. The van der Waals surface area contributed by atoms with Crippen molar-refractivity contribution in [3.63, 3.8) is 0 Å². The van der Waals surface area contributed by atoms with Crippen molar-refractivity contribution in [2.75, 3.05) is 0 Å². The zero-order chi connectivity index (χ0) is 18.8. The van der Waals surface area contributed by atoms with Crippen LogP contribution in [-0.2, 0) is 19.5 Å². The Morgan fingerprint density at radius 2 is 2.04 bits per heavy atom. The van der Waals surface area contributed by atoms with Crippen molar-refractivity contribution in [3.8, 4) is 0 Å². The highest BCUT2D eigenvalue weighted by Crippen LogP contribution is 2.44. The van der Waals surface area contributed by atoms with Gasteiger partial charge in [0.25, 0.3) is 0 Å². The highest BCUT2D eigenvalue weighted by atomic mass is 17.2. The van der Waals surface area contributed by atoms with Crippen molar-refractivity contribution >= 4 is 5.97 Å². The maximum absolute atomic E-state index is 10.5. The summed E-state index contributed by atoms with van der Waals surface area (Å²) in [6.45, 7) is 2.15. The summed E-state index contributed by atoms with van der Waals surface area (Å²) in [6.07, 6.45) is 15.7. The van der Waals surface area contributed by atoms with E-state index in [0.29, 0.717) is 12.3 Å². The maximum atomic E-state index is 10.5. The first-order chi connectivity index (χ1) is 12.7. The van der Waals surface area contributed by atoms with Gasteiger partial charge in [-0.2, -0.15) is 0 Å². The van der Waals surface area contributed by atoms with E-state index in [9.17, 15) is 4.79 Å². The van der Waals surface area contributed by atoms with E-state index in [4.69, 9.17) is 20.1 Å². The molecule has 2 aliphatic rings. The highest BCUT2D eigenvalue weighted by molar-refractivity contribution is 5.66. The van der Waals surface area contributed by atoms with Crippen LogP contribution in [-0.4, -0.2) is 34.6 Å². The van der Waals surface area contributed by atoms with Crippen molar-refractivity contribution in [2.24, 2.45) is 11.8 Å². The van der Waals surface area contributed by atoms with E-state index in [1.165, 1.54) is 0 Å². The summed E-state index contributed by atoms with van der Waals surface area (Å²) in [4.78, 5) is 25.9. The van der Waals surface area contributed by atoms with Crippen LogP contribution in [0.1, 0.15) is 64.7 Å². The highest BCUT2D eigenvalue weighted by Gasteiger charge is 2.49. The van der Waals surface area contributed by atoms with Gasteiger partial charge in [-0.1, -0.05) is 50.5 Å². The first-order valence-electron chi connectivity index (χ1n) is 9.83. The number of carboxylic acids is 1. The molecular formula is C20H32O6.